The van der Waals surface area contributed by atoms with Crippen LogP contribution in [-0.2, 0) is 36.9 Å². The predicted molar refractivity (Wildman–Crippen MR) is 148 cm³/mol. The van der Waals surface area contributed by atoms with E-state index in [-0.39, 0.29) is 31.3 Å². The Morgan fingerprint density at radius 3 is 2.48 bits per heavy atom. The van der Waals surface area contributed by atoms with Crippen LogP contribution in [0.15, 0.2) is 72.8 Å². The van der Waals surface area contributed by atoms with Crippen LogP contribution in [0.4, 0.5) is 4.79 Å². The summed E-state index contributed by atoms with van der Waals surface area (Å²) in [4.78, 5) is 61.6. The lowest BCUT2D eigenvalue weighted by molar-refractivity contribution is -0.128. The summed E-state index contributed by atoms with van der Waals surface area (Å²) in [6.45, 7) is 0.161. The van der Waals surface area contributed by atoms with Gasteiger partial charge in [0.15, 0.2) is 0 Å². The summed E-state index contributed by atoms with van der Waals surface area (Å²) in [5, 5.41) is 12.3. The quantitative estimate of drug-likeness (QED) is 0.257. The van der Waals surface area contributed by atoms with Crippen LogP contribution in [0.3, 0.4) is 0 Å². The molecule has 208 valence electrons. The second-order valence-corrected chi connectivity index (χ2v) is 9.64. The third-order valence-corrected chi connectivity index (χ3v) is 6.76. The maximum Gasteiger partial charge on any atom is 0.408 e. The average Bonchev–Trinajstić information content (AvgIpc) is 3.38. The molecule has 40 heavy (non-hydrogen) atoms. The van der Waals surface area contributed by atoms with Crippen LogP contribution in [0, 0.1) is 5.92 Å². The molecule has 1 aliphatic rings. The van der Waals surface area contributed by atoms with Crippen molar-refractivity contribution in [3.05, 3.63) is 83.9 Å². The van der Waals surface area contributed by atoms with E-state index < -0.39 is 36.5 Å². The van der Waals surface area contributed by atoms with Gasteiger partial charge in [-0.15, -0.1) is 0 Å². The zero-order chi connectivity index (χ0) is 28.3. The molecule has 0 spiro atoms. The van der Waals surface area contributed by atoms with E-state index in [1.165, 1.54) is 0 Å². The Kier molecular flexibility index (Phi) is 9.82. The molecule has 3 aromatic carbocycles. The first kappa shape index (κ1) is 28.3. The van der Waals surface area contributed by atoms with E-state index >= 15 is 0 Å². The second-order valence-electron chi connectivity index (χ2n) is 9.64. The summed E-state index contributed by atoms with van der Waals surface area (Å²) in [7, 11) is 0. The zero-order valence-electron chi connectivity index (χ0n) is 21.9. The first-order chi connectivity index (χ1) is 19.4. The number of carbonyl (C=O) groups excluding carboxylic acids is 5. The standard InChI is InChI=1S/C30H32N4O6/c35-18-24(15-23-13-14-31-28(23)37)33-27(36)17-32-29(38)26(34-30(39)40-19-20-7-2-1-3-8-20)16-22-11-6-10-21-9-4-5-12-25(21)22/h1-12,18,23-24,26H,13-17,19H2,(H,31,37)(H,32,38)(H,33,36)(H,34,39). The number of hydrogen-bond acceptors (Lipinski definition) is 6. The maximum atomic E-state index is 13.2. The highest BCUT2D eigenvalue weighted by Crippen LogP contribution is 2.20. The van der Waals surface area contributed by atoms with Crippen LogP contribution < -0.4 is 21.3 Å². The van der Waals surface area contributed by atoms with Gasteiger partial charge >= 0.3 is 6.09 Å². The number of nitrogens with one attached hydrogen (secondary N) is 4. The topological polar surface area (TPSA) is 143 Å². The molecule has 0 saturated carbocycles. The van der Waals surface area contributed by atoms with E-state index in [1.807, 2.05) is 72.8 Å². The lowest BCUT2D eigenvalue weighted by Crippen LogP contribution is -2.51. The highest BCUT2D eigenvalue weighted by molar-refractivity contribution is 5.92. The van der Waals surface area contributed by atoms with Crippen molar-refractivity contribution in [3.63, 3.8) is 0 Å². The predicted octanol–water partition coefficient (Wildman–Crippen LogP) is 2.00. The molecular formula is C30H32N4O6. The second kappa shape index (κ2) is 13.9. The number of rotatable bonds is 12. The molecule has 4 amide bonds. The number of ether oxygens (including phenoxy) is 1. The SMILES string of the molecule is O=CC(CC1CCNC1=O)NC(=O)CNC(=O)C(Cc1cccc2ccccc12)NC(=O)OCc1ccccc1. The molecule has 10 heteroatoms. The molecule has 3 unspecified atom stereocenters. The fraction of sp³-hybridized carbons (Fsp3) is 0.300. The van der Waals surface area contributed by atoms with Crippen molar-refractivity contribution in [1.82, 2.24) is 21.3 Å². The monoisotopic (exact) mass is 544 g/mol. The Morgan fingerprint density at radius 1 is 0.975 bits per heavy atom. The number of benzene rings is 3. The maximum absolute atomic E-state index is 13.2. The number of amides is 4. The molecule has 4 rings (SSSR count). The van der Waals surface area contributed by atoms with Gasteiger partial charge in [-0.2, -0.15) is 0 Å². The van der Waals surface area contributed by atoms with Gasteiger partial charge in [-0.05, 0) is 34.7 Å². The van der Waals surface area contributed by atoms with Gasteiger partial charge in [-0.1, -0.05) is 72.8 Å². The lowest BCUT2D eigenvalue weighted by Gasteiger charge is -2.20. The number of aldehydes is 1. The largest absolute Gasteiger partial charge is 0.445 e. The summed E-state index contributed by atoms with van der Waals surface area (Å²) in [6.07, 6.45) is 0.747. The molecule has 10 nitrogen and oxygen atoms in total. The van der Waals surface area contributed by atoms with Gasteiger partial charge in [0.2, 0.25) is 17.7 Å². The molecule has 0 bridgehead atoms. The van der Waals surface area contributed by atoms with Gasteiger partial charge in [0.25, 0.3) is 0 Å². The molecule has 1 aliphatic heterocycles. The van der Waals surface area contributed by atoms with Gasteiger partial charge in [0.05, 0.1) is 12.6 Å². The summed E-state index contributed by atoms with van der Waals surface area (Å²) in [6, 6.07) is 20.7. The van der Waals surface area contributed by atoms with Gasteiger partial charge < -0.3 is 30.8 Å². The van der Waals surface area contributed by atoms with Crippen molar-refractivity contribution in [3.8, 4) is 0 Å². The third-order valence-electron chi connectivity index (χ3n) is 6.76. The van der Waals surface area contributed by atoms with E-state index in [0.29, 0.717) is 19.3 Å². The average molecular weight is 545 g/mol. The molecule has 1 heterocycles. The van der Waals surface area contributed by atoms with Crippen molar-refractivity contribution in [2.24, 2.45) is 5.92 Å². The third kappa shape index (κ3) is 7.89. The Labute approximate surface area is 231 Å². The van der Waals surface area contributed by atoms with E-state index in [9.17, 15) is 24.0 Å². The van der Waals surface area contributed by atoms with E-state index in [4.69, 9.17) is 4.74 Å². The van der Waals surface area contributed by atoms with Crippen molar-refractivity contribution in [2.75, 3.05) is 13.1 Å². The summed E-state index contributed by atoms with van der Waals surface area (Å²) in [5.41, 5.74) is 1.63. The number of carbonyl (C=O) groups is 5. The van der Waals surface area contributed by atoms with Gasteiger partial charge in [0.1, 0.15) is 18.9 Å². The summed E-state index contributed by atoms with van der Waals surface area (Å²) in [5.74, 6) is -1.66. The van der Waals surface area contributed by atoms with Crippen LogP contribution in [0.2, 0.25) is 0 Å². The molecule has 1 fully saturated rings. The van der Waals surface area contributed by atoms with E-state index in [1.54, 1.807) is 0 Å². The molecule has 4 N–H and O–H groups in total. The Hall–Kier alpha value is -4.73. The fourth-order valence-electron chi connectivity index (χ4n) is 4.68. The first-order valence-corrected chi connectivity index (χ1v) is 13.2. The molecule has 0 aromatic heterocycles. The Bertz CT molecular complexity index is 1360. The van der Waals surface area contributed by atoms with Gasteiger partial charge in [-0.3, -0.25) is 14.4 Å². The Morgan fingerprint density at radius 2 is 1.73 bits per heavy atom. The van der Waals surface area contributed by atoms with Crippen LogP contribution in [-0.4, -0.2) is 55.3 Å². The smallest absolute Gasteiger partial charge is 0.408 e. The lowest BCUT2D eigenvalue weighted by atomic mass is 9.98. The van der Waals surface area contributed by atoms with Crippen LogP contribution in [0.1, 0.15) is 24.0 Å². The van der Waals surface area contributed by atoms with Crippen molar-refractivity contribution >= 4 is 40.9 Å². The minimum absolute atomic E-state index is 0.0315. The number of alkyl carbamates (subject to hydrolysis) is 1. The normalized spacial score (nSPS) is 15.9. The van der Waals surface area contributed by atoms with Gasteiger partial charge in [0, 0.05) is 18.9 Å². The highest BCUT2D eigenvalue weighted by atomic mass is 16.5. The Balaban J connectivity index is 1.39. The van der Waals surface area contributed by atoms with Crippen molar-refractivity contribution in [2.45, 2.75) is 38.0 Å². The van der Waals surface area contributed by atoms with Crippen molar-refractivity contribution < 1.29 is 28.7 Å². The molecular weight excluding hydrogens is 512 g/mol. The summed E-state index contributed by atoms with van der Waals surface area (Å²) >= 11 is 0. The molecule has 0 aliphatic carbocycles. The van der Waals surface area contributed by atoms with Crippen molar-refractivity contribution in [1.29, 1.82) is 0 Å². The van der Waals surface area contributed by atoms with Crippen LogP contribution >= 0.6 is 0 Å². The van der Waals surface area contributed by atoms with E-state index in [0.717, 1.165) is 21.9 Å². The minimum Gasteiger partial charge on any atom is -0.445 e. The zero-order valence-corrected chi connectivity index (χ0v) is 21.9. The van der Waals surface area contributed by atoms with E-state index in [2.05, 4.69) is 21.3 Å². The minimum atomic E-state index is -1.04. The molecule has 0 radical (unpaired) electrons. The highest BCUT2D eigenvalue weighted by Gasteiger charge is 2.28. The number of hydrogen-bond donors (Lipinski definition) is 4. The van der Waals surface area contributed by atoms with Crippen LogP contribution in [0.5, 0.6) is 0 Å². The molecule has 1 saturated heterocycles. The van der Waals surface area contributed by atoms with Crippen LogP contribution in [0.25, 0.3) is 10.8 Å². The van der Waals surface area contributed by atoms with Gasteiger partial charge in [-0.25, -0.2) is 4.79 Å². The fourth-order valence-corrected chi connectivity index (χ4v) is 4.68. The first-order valence-electron chi connectivity index (χ1n) is 13.2. The number of fused-ring (bicyclic) bond motifs is 1. The molecule has 3 aromatic rings. The molecule has 3 atom stereocenters. The summed E-state index contributed by atoms with van der Waals surface area (Å²) < 4.78 is 5.32.